The highest BCUT2D eigenvalue weighted by molar-refractivity contribution is 7.89. The van der Waals surface area contributed by atoms with Crippen molar-refractivity contribution >= 4 is 22.0 Å². The minimum atomic E-state index is -3.90. The number of sulfonamides is 1. The number of rotatable bonds is 6. The minimum Gasteiger partial charge on any atom is -0.326 e. The number of nitrogens with one attached hydrogen (secondary N) is 2. The zero-order chi connectivity index (χ0) is 19.6. The van der Waals surface area contributed by atoms with Gasteiger partial charge >= 0.3 is 6.03 Å². The molecule has 8 nitrogen and oxygen atoms in total. The van der Waals surface area contributed by atoms with Crippen molar-refractivity contribution in [1.82, 2.24) is 14.5 Å². The Morgan fingerprint density at radius 1 is 1.22 bits per heavy atom. The number of carbonyl (C=O) groups is 2. The van der Waals surface area contributed by atoms with Crippen LogP contribution in [0.1, 0.15) is 19.8 Å². The van der Waals surface area contributed by atoms with Crippen molar-refractivity contribution in [2.75, 3.05) is 32.8 Å². The average Bonchev–Trinajstić information content (AvgIpc) is 2.90. The van der Waals surface area contributed by atoms with Crippen LogP contribution in [-0.4, -0.2) is 68.5 Å². The molecule has 1 aromatic carbocycles. The molecule has 2 heterocycles. The highest BCUT2D eigenvalue weighted by Gasteiger charge is 2.40. The van der Waals surface area contributed by atoms with Crippen LogP contribution in [-0.2, 0) is 14.8 Å². The zero-order valence-electron chi connectivity index (χ0n) is 15.2. The molecule has 2 N–H and O–H groups in total. The molecule has 2 saturated heterocycles. The summed E-state index contributed by atoms with van der Waals surface area (Å²) in [6.07, 6.45) is 1.40. The van der Waals surface area contributed by atoms with Crippen LogP contribution in [0.5, 0.6) is 0 Å². The molecular weight excluding hydrogens is 375 g/mol. The molecule has 0 bridgehead atoms. The number of amides is 3. The molecule has 0 aromatic heterocycles. The SMILES string of the molecule is CCC[C@H]1NC(=O)N(C[NH+]2CCN(S(=O)(=O)c3ccccc3F)CC2)C1=O. The molecular formula is C17H24FN4O4S+. The predicted octanol–water partition coefficient (Wildman–Crippen LogP) is -0.607. The van der Waals surface area contributed by atoms with E-state index >= 15 is 0 Å². The molecule has 2 aliphatic heterocycles. The molecule has 10 heteroatoms. The first kappa shape index (κ1) is 19.7. The van der Waals surface area contributed by atoms with E-state index < -0.39 is 27.9 Å². The number of imide groups is 1. The van der Waals surface area contributed by atoms with Crippen LogP contribution in [0.4, 0.5) is 9.18 Å². The van der Waals surface area contributed by atoms with E-state index in [0.717, 1.165) is 17.4 Å². The van der Waals surface area contributed by atoms with Crippen molar-refractivity contribution < 1.29 is 27.3 Å². The van der Waals surface area contributed by atoms with Gasteiger partial charge in [-0.3, -0.25) is 4.79 Å². The Labute approximate surface area is 158 Å². The van der Waals surface area contributed by atoms with Gasteiger partial charge in [0.25, 0.3) is 5.91 Å². The summed E-state index contributed by atoms with van der Waals surface area (Å²) < 4.78 is 40.4. The van der Waals surface area contributed by atoms with Crippen molar-refractivity contribution in [1.29, 1.82) is 0 Å². The molecule has 3 rings (SSSR count). The number of urea groups is 1. The minimum absolute atomic E-state index is 0.202. The normalized spacial score (nSPS) is 22.3. The highest BCUT2D eigenvalue weighted by Crippen LogP contribution is 2.18. The summed E-state index contributed by atoms with van der Waals surface area (Å²) in [6, 6.07) is 4.45. The van der Waals surface area contributed by atoms with E-state index in [1.807, 2.05) is 6.92 Å². The first-order valence-electron chi connectivity index (χ1n) is 9.04. The largest absolute Gasteiger partial charge is 0.329 e. The Hall–Kier alpha value is -2.04. The second kappa shape index (κ2) is 7.91. The summed E-state index contributed by atoms with van der Waals surface area (Å²) in [7, 11) is -3.90. The van der Waals surface area contributed by atoms with Crippen molar-refractivity contribution in [2.45, 2.75) is 30.7 Å². The zero-order valence-corrected chi connectivity index (χ0v) is 16.0. The topological polar surface area (TPSA) is 91.2 Å². The molecule has 3 amide bonds. The van der Waals surface area contributed by atoms with Crippen LogP contribution in [0.2, 0.25) is 0 Å². The predicted molar refractivity (Wildman–Crippen MR) is 94.8 cm³/mol. The summed E-state index contributed by atoms with van der Waals surface area (Å²) in [5, 5.41) is 2.68. The maximum Gasteiger partial charge on any atom is 0.329 e. The van der Waals surface area contributed by atoms with Gasteiger partial charge in [-0.25, -0.2) is 22.5 Å². The summed E-state index contributed by atoms with van der Waals surface area (Å²) in [5.74, 6) is -0.996. The van der Waals surface area contributed by atoms with Gasteiger partial charge < -0.3 is 10.2 Å². The Balaban J connectivity index is 1.60. The standard InChI is InChI=1S/C17H23FN4O4S/c1-2-5-14-16(23)22(17(24)19-14)12-20-8-10-21(11-9-20)27(25,26)15-7-4-3-6-13(15)18/h3-4,6-7,14H,2,5,8-12H2,1H3,(H,19,24)/p+1/t14-/m1/s1. The monoisotopic (exact) mass is 399 g/mol. The van der Waals surface area contributed by atoms with Gasteiger partial charge in [-0.1, -0.05) is 25.5 Å². The van der Waals surface area contributed by atoms with Gasteiger partial charge in [0.1, 0.15) is 16.8 Å². The fourth-order valence-corrected chi connectivity index (χ4v) is 4.93. The van der Waals surface area contributed by atoms with Crippen LogP contribution < -0.4 is 10.2 Å². The number of quaternary nitrogens is 1. The van der Waals surface area contributed by atoms with Crippen molar-refractivity contribution in [2.24, 2.45) is 0 Å². The molecule has 148 valence electrons. The molecule has 0 spiro atoms. The lowest BCUT2D eigenvalue weighted by Gasteiger charge is -2.32. The lowest BCUT2D eigenvalue weighted by atomic mass is 10.2. The van der Waals surface area contributed by atoms with E-state index in [-0.39, 0.29) is 30.6 Å². The van der Waals surface area contributed by atoms with E-state index in [1.165, 1.54) is 27.4 Å². The lowest BCUT2D eigenvalue weighted by molar-refractivity contribution is -0.910. The lowest BCUT2D eigenvalue weighted by Crippen LogP contribution is -3.16. The molecule has 0 aliphatic carbocycles. The number of carbonyl (C=O) groups excluding carboxylic acids is 2. The first-order valence-corrected chi connectivity index (χ1v) is 10.5. The van der Waals surface area contributed by atoms with E-state index in [9.17, 15) is 22.4 Å². The Bertz CT molecular complexity index is 824. The number of piperazine rings is 1. The van der Waals surface area contributed by atoms with Gasteiger partial charge in [-0.15, -0.1) is 0 Å². The van der Waals surface area contributed by atoms with E-state index in [0.29, 0.717) is 19.5 Å². The van der Waals surface area contributed by atoms with Crippen LogP contribution in [0.15, 0.2) is 29.2 Å². The number of hydrogen-bond donors (Lipinski definition) is 2. The molecule has 27 heavy (non-hydrogen) atoms. The van der Waals surface area contributed by atoms with Gasteiger partial charge in [-0.05, 0) is 18.6 Å². The van der Waals surface area contributed by atoms with Gasteiger partial charge in [0.05, 0.1) is 26.2 Å². The molecule has 0 radical (unpaired) electrons. The van der Waals surface area contributed by atoms with Crippen LogP contribution in [0, 0.1) is 5.82 Å². The highest BCUT2D eigenvalue weighted by atomic mass is 32.2. The molecule has 0 saturated carbocycles. The third kappa shape index (κ3) is 3.97. The maximum atomic E-state index is 13.9. The summed E-state index contributed by atoms with van der Waals surface area (Å²) in [4.78, 5) is 26.1. The number of halogens is 1. The number of hydrogen-bond acceptors (Lipinski definition) is 4. The fourth-order valence-electron chi connectivity index (χ4n) is 3.43. The molecule has 0 unspecified atom stereocenters. The van der Waals surface area contributed by atoms with Gasteiger partial charge in [0.15, 0.2) is 6.67 Å². The first-order chi connectivity index (χ1) is 12.8. The Kier molecular flexibility index (Phi) is 5.78. The van der Waals surface area contributed by atoms with Crippen LogP contribution in [0.3, 0.4) is 0 Å². The van der Waals surface area contributed by atoms with Gasteiger partial charge in [0.2, 0.25) is 10.0 Å². The molecule has 2 aliphatic rings. The van der Waals surface area contributed by atoms with Crippen molar-refractivity contribution in [3.8, 4) is 0 Å². The molecule has 1 atom stereocenters. The second-order valence-corrected chi connectivity index (χ2v) is 8.71. The smallest absolute Gasteiger partial charge is 0.326 e. The van der Waals surface area contributed by atoms with Crippen molar-refractivity contribution in [3.05, 3.63) is 30.1 Å². The second-order valence-electron chi connectivity index (χ2n) is 6.80. The van der Waals surface area contributed by atoms with Crippen molar-refractivity contribution in [3.63, 3.8) is 0 Å². The molecule has 2 fully saturated rings. The quantitative estimate of drug-likeness (QED) is 0.625. The number of benzene rings is 1. The van der Waals surface area contributed by atoms with Gasteiger partial charge in [-0.2, -0.15) is 4.31 Å². The third-order valence-corrected chi connectivity index (χ3v) is 6.88. The van der Waals surface area contributed by atoms with E-state index in [1.54, 1.807) is 0 Å². The summed E-state index contributed by atoms with van der Waals surface area (Å²) in [6.45, 7) is 3.43. The molecule has 1 aromatic rings. The van der Waals surface area contributed by atoms with Gasteiger partial charge in [0, 0.05) is 0 Å². The third-order valence-electron chi connectivity index (χ3n) is 4.95. The summed E-state index contributed by atoms with van der Waals surface area (Å²) >= 11 is 0. The van der Waals surface area contributed by atoms with Crippen LogP contribution >= 0.6 is 0 Å². The van der Waals surface area contributed by atoms with E-state index in [4.69, 9.17) is 0 Å². The maximum absolute atomic E-state index is 13.9. The fraction of sp³-hybridized carbons (Fsp3) is 0.529. The Morgan fingerprint density at radius 2 is 1.89 bits per heavy atom. The number of nitrogens with zero attached hydrogens (tertiary/aromatic N) is 2. The average molecular weight is 399 g/mol. The summed E-state index contributed by atoms with van der Waals surface area (Å²) in [5.41, 5.74) is 0. The Morgan fingerprint density at radius 3 is 2.52 bits per heavy atom. The van der Waals surface area contributed by atoms with E-state index in [2.05, 4.69) is 5.32 Å². The van der Waals surface area contributed by atoms with Crippen LogP contribution in [0.25, 0.3) is 0 Å².